The molecule has 1 aromatic heterocycles. The zero-order chi connectivity index (χ0) is 12.1. The van der Waals surface area contributed by atoms with E-state index in [1.54, 1.807) is 11.3 Å². The van der Waals surface area contributed by atoms with Crippen molar-refractivity contribution in [3.8, 4) is 6.07 Å². The normalized spacial score (nSPS) is 19.2. The zero-order valence-corrected chi connectivity index (χ0v) is 11.1. The van der Waals surface area contributed by atoms with Crippen LogP contribution in [0.25, 0.3) is 0 Å². The summed E-state index contributed by atoms with van der Waals surface area (Å²) in [5, 5.41) is 12.6. The molecule has 1 aliphatic heterocycles. The standard InChI is InChI=1S/C12H14N2OS2/c13-4-7-17-9-12(15)14-5-1-2-11(14)10-3-6-16-8-10/h3,6,8,11H,1-2,5,7,9H2/t11-/m1/s1. The summed E-state index contributed by atoms with van der Waals surface area (Å²) >= 11 is 3.07. The van der Waals surface area contributed by atoms with Gasteiger partial charge in [0.2, 0.25) is 5.91 Å². The summed E-state index contributed by atoms with van der Waals surface area (Å²) in [6.45, 7) is 0.854. The summed E-state index contributed by atoms with van der Waals surface area (Å²) in [5.74, 6) is 0.982. The van der Waals surface area contributed by atoms with E-state index in [1.807, 2.05) is 11.0 Å². The molecule has 0 saturated carbocycles. The number of rotatable bonds is 4. The molecule has 1 saturated heterocycles. The fraction of sp³-hybridized carbons (Fsp3) is 0.500. The van der Waals surface area contributed by atoms with Crippen molar-refractivity contribution < 1.29 is 4.79 Å². The predicted molar refractivity (Wildman–Crippen MR) is 70.9 cm³/mol. The van der Waals surface area contributed by atoms with E-state index in [4.69, 9.17) is 5.26 Å². The Morgan fingerprint density at radius 3 is 3.29 bits per heavy atom. The Morgan fingerprint density at radius 1 is 1.71 bits per heavy atom. The van der Waals surface area contributed by atoms with Gasteiger partial charge in [0.1, 0.15) is 0 Å². The van der Waals surface area contributed by atoms with Gasteiger partial charge in [-0.1, -0.05) is 0 Å². The van der Waals surface area contributed by atoms with E-state index < -0.39 is 0 Å². The third-order valence-electron chi connectivity index (χ3n) is 2.89. The van der Waals surface area contributed by atoms with Gasteiger partial charge < -0.3 is 4.90 Å². The van der Waals surface area contributed by atoms with Gasteiger partial charge in [-0.2, -0.15) is 16.6 Å². The van der Waals surface area contributed by atoms with E-state index in [1.165, 1.54) is 17.3 Å². The van der Waals surface area contributed by atoms with Crippen LogP contribution in [-0.2, 0) is 4.79 Å². The fourth-order valence-electron chi connectivity index (χ4n) is 2.14. The second kappa shape index (κ2) is 6.08. The van der Waals surface area contributed by atoms with Gasteiger partial charge in [-0.25, -0.2) is 0 Å². The third kappa shape index (κ3) is 3.02. The predicted octanol–water partition coefficient (Wildman–Crippen LogP) is 2.67. The first-order valence-corrected chi connectivity index (χ1v) is 7.69. The second-order valence-electron chi connectivity index (χ2n) is 3.95. The minimum absolute atomic E-state index is 0.166. The molecular formula is C12H14N2OS2. The van der Waals surface area contributed by atoms with Crippen LogP contribution in [0.5, 0.6) is 0 Å². The van der Waals surface area contributed by atoms with Crippen LogP contribution in [0, 0.1) is 11.3 Å². The van der Waals surface area contributed by atoms with Crippen LogP contribution in [0.3, 0.4) is 0 Å². The van der Waals surface area contributed by atoms with E-state index in [0.717, 1.165) is 19.4 Å². The van der Waals surface area contributed by atoms with Gasteiger partial charge in [0, 0.05) is 6.54 Å². The van der Waals surface area contributed by atoms with Crippen molar-refractivity contribution in [1.82, 2.24) is 4.90 Å². The number of hydrogen-bond acceptors (Lipinski definition) is 4. The Kier molecular flexibility index (Phi) is 4.46. The molecule has 1 aromatic rings. The second-order valence-corrected chi connectivity index (χ2v) is 5.72. The number of carbonyl (C=O) groups is 1. The van der Waals surface area contributed by atoms with Crippen molar-refractivity contribution >= 4 is 29.0 Å². The van der Waals surface area contributed by atoms with Crippen molar-refractivity contribution in [2.45, 2.75) is 18.9 Å². The van der Waals surface area contributed by atoms with Crippen molar-refractivity contribution in [3.05, 3.63) is 22.4 Å². The molecule has 1 amide bonds. The maximum Gasteiger partial charge on any atom is 0.233 e. The number of hydrogen-bond donors (Lipinski definition) is 0. The van der Waals surface area contributed by atoms with E-state index >= 15 is 0 Å². The summed E-state index contributed by atoms with van der Waals surface area (Å²) in [6, 6.07) is 4.41. The monoisotopic (exact) mass is 266 g/mol. The first kappa shape index (κ1) is 12.5. The summed E-state index contributed by atoms with van der Waals surface area (Å²) < 4.78 is 0. The molecule has 0 unspecified atom stereocenters. The summed E-state index contributed by atoms with van der Waals surface area (Å²) in [4.78, 5) is 14.0. The molecule has 0 radical (unpaired) electrons. The van der Waals surface area contributed by atoms with Gasteiger partial charge in [0.25, 0.3) is 0 Å². The van der Waals surface area contributed by atoms with Crippen LogP contribution >= 0.6 is 23.1 Å². The van der Waals surface area contributed by atoms with Crippen molar-refractivity contribution in [1.29, 1.82) is 5.26 Å². The number of amides is 1. The quantitative estimate of drug-likeness (QED) is 0.787. The average molecular weight is 266 g/mol. The number of nitriles is 1. The number of thiophene rings is 1. The molecule has 1 fully saturated rings. The molecular weight excluding hydrogens is 252 g/mol. The van der Waals surface area contributed by atoms with Crippen LogP contribution in [0.15, 0.2) is 16.8 Å². The summed E-state index contributed by atoms with van der Waals surface area (Å²) in [5.41, 5.74) is 1.26. The van der Waals surface area contributed by atoms with Gasteiger partial charge in [0.15, 0.2) is 0 Å². The highest BCUT2D eigenvalue weighted by Crippen LogP contribution is 2.33. The highest BCUT2D eigenvalue weighted by molar-refractivity contribution is 8.00. The van der Waals surface area contributed by atoms with Crippen molar-refractivity contribution in [2.75, 3.05) is 18.1 Å². The van der Waals surface area contributed by atoms with Crippen molar-refractivity contribution in [3.63, 3.8) is 0 Å². The molecule has 0 N–H and O–H groups in total. The highest BCUT2D eigenvalue weighted by atomic mass is 32.2. The lowest BCUT2D eigenvalue weighted by molar-refractivity contribution is -0.129. The maximum atomic E-state index is 12.0. The van der Waals surface area contributed by atoms with Gasteiger partial charge in [-0.15, -0.1) is 11.8 Å². The fourth-order valence-corrected chi connectivity index (χ4v) is 3.38. The van der Waals surface area contributed by atoms with E-state index in [0.29, 0.717) is 11.5 Å². The minimum atomic E-state index is 0.166. The first-order chi connectivity index (χ1) is 8.33. The third-order valence-corrected chi connectivity index (χ3v) is 4.38. The molecule has 5 heteroatoms. The van der Waals surface area contributed by atoms with E-state index in [9.17, 15) is 4.79 Å². The molecule has 1 atom stereocenters. The lowest BCUT2D eigenvalue weighted by Crippen LogP contribution is -2.31. The van der Waals surface area contributed by atoms with E-state index in [-0.39, 0.29) is 11.9 Å². The molecule has 2 heterocycles. The lowest BCUT2D eigenvalue weighted by atomic mass is 10.1. The molecule has 1 aliphatic rings. The minimum Gasteiger partial charge on any atom is -0.335 e. The van der Waals surface area contributed by atoms with Gasteiger partial charge >= 0.3 is 0 Å². The Hall–Kier alpha value is -0.990. The molecule has 3 nitrogen and oxygen atoms in total. The van der Waals surface area contributed by atoms with Crippen LogP contribution in [0.4, 0.5) is 0 Å². The maximum absolute atomic E-state index is 12.0. The molecule has 0 aliphatic carbocycles. The Labute approximate surface area is 109 Å². The Bertz CT molecular complexity index is 411. The van der Waals surface area contributed by atoms with Gasteiger partial charge in [-0.05, 0) is 35.2 Å². The molecule has 0 aromatic carbocycles. The molecule has 0 spiro atoms. The topological polar surface area (TPSA) is 44.1 Å². The van der Waals surface area contributed by atoms with Crippen LogP contribution in [-0.4, -0.2) is 28.9 Å². The smallest absolute Gasteiger partial charge is 0.233 e. The summed E-state index contributed by atoms with van der Waals surface area (Å²) in [7, 11) is 0. The average Bonchev–Trinajstić information content (AvgIpc) is 2.99. The van der Waals surface area contributed by atoms with Gasteiger partial charge in [-0.3, -0.25) is 4.79 Å². The lowest BCUT2D eigenvalue weighted by Gasteiger charge is -2.24. The van der Waals surface area contributed by atoms with E-state index in [2.05, 4.69) is 16.8 Å². The molecule has 90 valence electrons. The number of nitrogens with zero attached hydrogens (tertiary/aromatic N) is 2. The molecule has 2 rings (SSSR count). The van der Waals surface area contributed by atoms with Crippen molar-refractivity contribution in [2.24, 2.45) is 0 Å². The Morgan fingerprint density at radius 2 is 2.59 bits per heavy atom. The Balaban J connectivity index is 1.95. The molecule has 17 heavy (non-hydrogen) atoms. The SMILES string of the molecule is N#CCSCC(=O)N1CCC[C@@H]1c1ccsc1. The molecule has 0 bridgehead atoms. The first-order valence-electron chi connectivity index (χ1n) is 5.59. The number of thioether (sulfide) groups is 1. The highest BCUT2D eigenvalue weighted by Gasteiger charge is 2.29. The number of carbonyl (C=O) groups excluding carboxylic acids is 1. The van der Waals surface area contributed by atoms with Crippen LogP contribution < -0.4 is 0 Å². The van der Waals surface area contributed by atoms with Crippen LogP contribution in [0.1, 0.15) is 24.4 Å². The van der Waals surface area contributed by atoms with Crippen LogP contribution in [0.2, 0.25) is 0 Å². The summed E-state index contributed by atoms with van der Waals surface area (Å²) in [6.07, 6.45) is 2.14. The zero-order valence-electron chi connectivity index (χ0n) is 9.46. The number of likely N-dealkylation sites (tertiary alicyclic amines) is 1. The van der Waals surface area contributed by atoms with Gasteiger partial charge in [0.05, 0.1) is 23.6 Å². The largest absolute Gasteiger partial charge is 0.335 e.